The van der Waals surface area contributed by atoms with Gasteiger partial charge in [0.15, 0.2) is 0 Å². The highest BCUT2D eigenvalue weighted by molar-refractivity contribution is 6.23. The summed E-state index contributed by atoms with van der Waals surface area (Å²) in [4.78, 5) is 20.8. The van der Waals surface area contributed by atoms with Crippen molar-refractivity contribution in [2.75, 3.05) is 0 Å². The molecule has 0 radical (unpaired) electrons. The number of nitrogens with zero attached hydrogens (tertiary/aromatic N) is 2. The Balaban J connectivity index is 2.04. The fraction of sp³-hybridized carbons (Fsp3) is 0. The number of fused-ring (bicyclic) bond motifs is 7. The Labute approximate surface area is 142 Å². The second kappa shape index (κ2) is 4.98. The summed E-state index contributed by atoms with van der Waals surface area (Å²) in [6.45, 7) is 0. The maximum atomic E-state index is 11.2. The first-order valence-corrected chi connectivity index (χ1v) is 7.96. The van der Waals surface area contributed by atoms with Gasteiger partial charge in [-0.2, -0.15) is 0 Å². The first kappa shape index (κ1) is 13.9. The van der Waals surface area contributed by atoms with Gasteiger partial charge in [0, 0.05) is 10.8 Å². The van der Waals surface area contributed by atoms with Crippen molar-refractivity contribution in [1.29, 1.82) is 0 Å². The molecule has 0 saturated heterocycles. The van der Waals surface area contributed by atoms with E-state index >= 15 is 0 Å². The van der Waals surface area contributed by atoms with Crippen LogP contribution in [0.4, 0.5) is 0 Å². The number of aromatic carboxylic acids is 1. The molecule has 4 aromatic carbocycles. The maximum absolute atomic E-state index is 11.2. The van der Waals surface area contributed by atoms with Gasteiger partial charge in [-0.05, 0) is 29.0 Å². The summed E-state index contributed by atoms with van der Waals surface area (Å²) in [5.74, 6) is -0.966. The smallest absolute Gasteiger partial charge is 0.335 e. The molecule has 4 heteroatoms. The Kier molecular flexibility index (Phi) is 2.76. The summed E-state index contributed by atoms with van der Waals surface area (Å²) in [5.41, 5.74) is 3.13. The van der Waals surface area contributed by atoms with Crippen LogP contribution in [-0.4, -0.2) is 21.0 Å². The van der Waals surface area contributed by atoms with Crippen molar-refractivity contribution in [2.24, 2.45) is 0 Å². The standard InChI is InChI=1S/C21H12N2O2/c24-21(25)12-9-10-17-18(11-12)23-20-16-8-4-2-6-14(16)13-5-1-3-7-15(13)19(20)22-17/h1-11H,(H,24,25). The van der Waals surface area contributed by atoms with Crippen molar-refractivity contribution in [3.63, 3.8) is 0 Å². The van der Waals surface area contributed by atoms with Crippen LogP contribution in [-0.2, 0) is 0 Å². The van der Waals surface area contributed by atoms with E-state index in [9.17, 15) is 9.90 Å². The topological polar surface area (TPSA) is 63.1 Å². The molecule has 1 heterocycles. The minimum atomic E-state index is -0.966. The van der Waals surface area contributed by atoms with Gasteiger partial charge < -0.3 is 5.11 Å². The summed E-state index contributed by atoms with van der Waals surface area (Å²) in [6, 6.07) is 21.1. The fourth-order valence-electron chi connectivity index (χ4n) is 3.41. The molecule has 0 aliphatic carbocycles. The lowest BCUT2D eigenvalue weighted by Gasteiger charge is -2.10. The van der Waals surface area contributed by atoms with Crippen LogP contribution in [0.25, 0.3) is 43.6 Å². The van der Waals surface area contributed by atoms with E-state index in [1.165, 1.54) is 0 Å². The molecule has 5 aromatic rings. The number of aromatic nitrogens is 2. The molecule has 0 fully saturated rings. The summed E-state index contributed by atoms with van der Waals surface area (Å²) >= 11 is 0. The quantitative estimate of drug-likeness (QED) is 0.356. The monoisotopic (exact) mass is 324 g/mol. The van der Waals surface area contributed by atoms with Crippen LogP contribution < -0.4 is 0 Å². The van der Waals surface area contributed by atoms with E-state index in [0.717, 1.165) is 32.6 Å². The summed E-state index contributed by atoms with van der Waals surface area (Å²) in [6.07, 6.45) is 0. The normalized spacial score (nSPS) is 11.5. The van der Waals surface area contributed by atoms with E-state index < -0.39 is 5.97 Å². The molecule has 0 spiro atoms. The van der Waals surface area contributed by atoms with Crippen molar-refractivity contribution in [1.82, 2.24) is 9.97 Å². The van der Waals surface area contributed by atoms with Crippen molar-refractivity contribution < 1.29 is 9.90 Å². The molecule has 0 bridgehead atoms. The molecule has 25 heavy (non-hydrogen) atoms. The highest BCUT2D eigenvalue weighted by Gasteiger charge is 2.12. The van der Waals surface area contributed by atoms with Crippen LogP contribution in [0.3, 0.4) is 0 Å². The van der Waals surface area contributed by atoms with Gasteiger partial charge in [-0.1, -0.05) is 48.5 Å². The van der Waals surface area contributed by atoms with E-state index in [0.29, 0.717) is 11.0 Å². The van der Waals surface area contributed by atoms with Gasteiger partial charge >= 0.3 is 5.97 Å². The minimum absolute atomic E-state index is 0.214. The fourth-order valence-corrected chi connectivity index (χ4v) is 3.41. The highest BCUT2D eigenvalue weighted by Crippen LogP contribution is 2.33. The zero-order valence-electron chi connectivity index (χ0n) is 13.1. The van der Waals surface area contributed by atoms with Crippen LogP contribution in [0.2, 0.25) is 0 Å². The molecule has 0 atom stereocenters. The second-order valence-electron chi connectivity index (χ2n) is 6.02. The SMILES string of the molecule is O=C(O)c1ccc2nc3c4ccccc4c4ccccc4c3nc2c1. The van der Waals surface area contributed by atoms with Gasteiger partial charge in [-0.25, -0.2) is 14.8 Å². The molecule has 4 nitrogen and oxygen atoms in total. The number of hydrogen-bond donors (Lipinski definition) is 1. The first-order valence-electron chi connectivity index (χ1n) is 7.96. The zero-order valence-corrected chi connectivity index (χ0v) is 13.1. The van der Waals surface area contributed by atoms with E-state index in [1.54, 1.807) is 18.2 Å². The average molecular weight is 324 g/mol. The van der Waals surface area contributed by atoms with E-state index in [-0.39, 0.29) is 5.56 Å². The molecule has 0 saturated carbocycles. The Morgan fingerprint density at radius 1 is 0.680 bits per heavy atom. The molecule has 0 unspecified atom stereocenters. The summed E-state index contributed by atoms with van der Waals surface area (Å²) in [5, 5.41) is 13.6. The Bertz CT molecular complexity index is 1330. The van der Waals surface area contributed by atoms with Gasteiger partial charge in [-0.3, -0.25) is 0 Å². The van der Waals surface area contributed by atoms with Gasteiger partial charge in [-0.15, -0.1) is 0 Å². The van der Waals surface area contributed by atoms with E-state index in [4.69, 9.17) is 9.97 Å². The predicted molar refractivity (Wildman–Crippen MR) is 99.0 cm³/mol. The molecule has 0 amide bonds. The first-order chi connectivity index (χ1) is 12.2. The lowest BCUT2D eigenvalue weighted by Crippen LogP contribution is -1.97. The minimum Gasteiger partial charge on any atom is -0.478 e. The third kappa shape index (κ3) is 1.97. The number of carbonyl (C=O) groups is 1. The molecule has 0 aliphatic rings. The zero-order chi connectivity index (χ0) is 17.0. The van der Waals surface area contributed by atoms with Gasteiger partial charge in [0.05, 0.1) is 27.6 Å². The molecule has 118 valence electrons. The van der Waals surface area contributed by atoms with Crippen LogP contribution >= 0.6 is 0 Å². The lowest BCUT2D eigenvalue weighted by atomic mass is 9.99. The van der Waals surface area contributed by atoms with Crippen molar-refractivity contribution in [3.8, 4) is 0 Å². The van der Waals surface area contributed by atoms with Crippen molar-refractivity contribution in [2.45, 2.75) is 0 Å². The molecule has 0 aliphatic heterocycles. The third-order valence-corrected chi connectivity index (χ3v) is 4.57. The van der Waals surface area contributed by atoms with Crippen LogP contribution in [0.15, 0.2) is 66.7 Å². The Morgan fingerprint density at radius 3 is 1.76 bits per heavy atom. The van der Waals surface area contributed by atoms with Crippen molar-refractivity contribution in [3.05, 3.63) is 72.3 Å². The van der Waals surface area contributed by atoms with Gasteiger partial charge in [0.25, 0.3) is 0 Å². The molecular formula is C21H12N2O2. The number of carboxylic acid groups (broad SMARTS) is 1. The van der Waals surface area contributed by atoms with Crippen LogP contribution in [0.1, 0.15) is 10.4 Å². The molecule has 1 N–H and O–H groups in total. The Morgan fingerprint density at radius 2 is 1.20 bits per heavy atom. The number of benzene rings is 4. The average Bonchev–Trinajstić information content (AvgIpc) is 2.66. The van der Waals surface area contributed by atoms with Crippen LogP contribution in [0, 0.1) is 0 Å². The van der Waals surface area contributed by atoms with Crippen LogP contribution in [0.5, 0.6) is 0 Å². The summed E-state index contributed by atoms with van der Waals surface area (Å²) < 4.78 is 0. The van der Waals surface area contributed by atoms with Gasteiger partial charge in [0.1, 0.15) is 0 Å². The maximum Gasteiger partial charge on any atom is 0.335 e. The third-order valence-electron chi connectivity index (χ3n) is 4.57. The Hall–Kier alpha value is -3.53. The predicted octanol–water partition coefficient (Wildman–Crippen LogP) is 4.79. The molecule has 5 rings (SSSR count). The van der Waals surface area contributed by atoms with E-state index in [1.807, 2.05) is 30.3 Å². The largest absolute Gasteiger partial charge is 0.478 e. The molecular weight excluding hydrogens is 312 g/mol. The number of carboxylic acids is 1. The lowest BCUT2D eigenvalue weighted by molar-refractivity contribution is 0.0697. The molecule has 1 aromatic heterocycles. The van der Waals surface area contributed by atoms with Crippen molar-refractivity contribution >= 4 is 49.6 Å². The number of hydrogen-bond acceptors (Lipinski definition) is 3. The van der Waals surface area contributed by atoms with E-state index in [2.05, 4.69) is 18.2 Å². The second-order valence-corrected chi connectivity index (χ2v) is 6.02. The van der Waals surface area contributed by atoms with Gasteiger partial charge in [0.2, 0.25) is 0 Å². The highest BCUT2D eigenvalue weighted by atomic mass is 16.4. The number of rotatable bonds is 1. The summed E-state index contributed by atoms with van der Waals surface area (Å²) in [7, 11) is 0.